The highest BCUT2D eigenvalue weighted by molar-refractivity contribution is 5.99. The number of rotatable bonds is 0. The first-order valence-corrected chi connectivity index (χ1v) is 4.70. The van der Waals surface area contributed by atoms with Crippen molar-refractivity contribution in [2.24, 2.45) is 0 Å². The minimum Gasteiger partial charge on any atom is -0.295 e. The Hall–Kier alpha value is -0.850. The summed E-state index contributed by atoms with van der Waals surface area (Å²) in [5.41, 5.74) is 3.90. The number of hydrogen-bond donors (Lipinski definition) is 0. The summed E-state index contributed by atoms with van der Waals surface area (Å²) >= 11 is 0. The van der Waals surface area contributed by atoms with Crippen molar-refractivity contribution >= 4 is 5.78 Å². The molecule has 0 unspecified atom stereocenters. The maximum atomic E-state index is 11.4. The zero-order valence-electron chi connectivity index (χ0n) is 7.52. The molecule has 64 valence electrons. The van der Waals surface area contributed by atoms with Crippen LogP contribution in [0.15, 0.2) is 22.8 Å². The molecule has 0 saturated heterocycles. The van der Waals surface area contributed by atoms with Gasteiger partial charge >= 0.3 is 0 Å². The van der Waals surface area contributed by atoms with Crippen molar-refractivity contribution in [3.63, 3.8) is 0 Å². The van der Waals surface area contributed by atoms with Crippen molar-refractivity contribution < 1.29 is 4.79 Å². The van der Waals surface area contributed by atoms with E-state index in [-0.39, 0.29) is 0 Å². The van der Waals surface area contributed by atoms with Gasteiger partial charge in [-0.25, -0.2) is 0 Å². The summed E-state index contributed by atoms with van der Waals surface area (Å²) in [7, 11) is 0. The summed E-state index contributed by atoms with van der Waals surface area (Å²) in [4.78, 5) is 11.4. The van der Waals surface area contributed by atoms with Crippen molar-refractivity contribution in [1.29, 1.82) is 0 Å². The third kappa shape index (κ3) is 1.24. The zero-order chi connectivity index (χ0) is 8.55. The summed E-state index contributed by atoms with van der Waals surface area (Å²) in [5, 5.41) is 0. The Morgan fingerprint density at radius 3 is 2.83 bits per heavy atom. The highest BCUT2D eigenvalue weighted by atomic mass is 16.1. The molecule has 2 aliphatic carbocycles. The second-order valence-electron chi connectivity index (χ2n) is 3.77. The average molecular weight is 162 g/mol. The van der Waals surface area contributed by atoms with E-state index in [0.29, 0.717) is 5.78 Å². The predicted molar refractivity (Wildman–Crippen MR) is 48.9 cm³/mol. The van der Waals surface area contributed by atoms with Gasteiger partial charge in [0.15, 0.2) is 5.78 Å². The Morgan fingerprint density at radius 1 is 1.17 bits per heavy atom. The molecule has 12 heavy (non-hydrogen) atoms. The van der Waals surface area contributed by atoms with E-state index >= 15 is 0 Å². The van der Waals surface area contributed by atoms with Gasteiger partial charge in [0.1, 0.15) is 0 Å². The van der Waals surface area contributed by atoms with E-state index < -0.39 is 0 Å². The molecule has 0 heterocycles. The molecule has 0 bridgehead atoms. The highest BCUT2D eigenvalue weighted by Crippen LogP contribution is 2.32. The molecular formula is C11H14O. The molecule has 0 atom stereocenters. The number of allylic oxidation sites excluding steroid dienone is 4. The molecule has 0 fully saturated rings. The van der Waals surface area contributed by atoms with Gasteiger partial charge < -0.3 is 0 Å². The van der Waals surface area contributed by atoms with E-state index in [1.54, 1.807) is 0 Å². The van der Waals surface area contributed by atoms with Crippen molar-refractivity contribution in [1.82, 2.24) is 0 Å². The van der Waals surface area contributed by atoms with Crippen LogP contribution in [-0.4, -0.2) is 5.78 Å². The number of Topliss-reactive ketones (excluding diaryl/α,β-unsaturated/α-hetero) is 1. The Kier molecular flexibility index (Phi) is 1.87. The molecule has 2 rings (SSSR count). The third-order valence-corrected chi connectivity index (χ3v) is 2.76. The van der Waals surface area contributed by atoms with Crippen LogP contribution in [0, 0.1) is 0 Å². The molecule has 0 radical (unpaired) electrons. The minimum absolute atomic E-state index is 0.399. The molecule has 0 saturated carbocycles. The van der Waals surface area contributed by atoms with E-state index in [1.165, 1.54) is 17.6 Å². The van der Waals surface area contributed by atoms with Crippen LogP contribution < -0.4 is 0 Å². The molecule has 0 aromatic carbocycles. The van der Waals surface area contributed by atoms with E-state index in [4.69, 9.17) is 0 Å². The van der Waals surface area contributed by atoms with Crippen LogP contribution in [0.5, 0.6) is 0 Å². The zero-order valence-corrected chi connectivity index (χ0v) is 7.52. The van der Waals surface area contributed by atoms with Crippen LogP contribution in [0.1, 0.15) is 39.0 Å². The van der Waals surface area contributed by atoms with Crippen molar-refractivity contribution in [2.75, 3.05) is 0 Å². The van der Waals surface area contributed by atoms with Gasteiger partial charge in [-0.1, -0.05) is 11.6 Å². The van der Waals surface area contributed by atoms with Crippen LogP contribution >= 0.6 is 0 Å². The molecule has 0 N–H and O–H groups in total. The van der Waals surface area contributed by atoms with E-state index in [0.717, 1.165) is 31.3 Å². The fourth-order valence-electron chi connectivity index (χ4n) is 2.10. The second-order valence-corrected chi connectivity index (χ2v) is 3.77. The summed E-state index contributed by atoms with van der Waals surface area (Å²) in [5.74, 6) is 0.399. The minimum atomic E-state index is 0.399. The first kappa shape index (κ1) is 7.78. The number of carbonyl (C=O) groups is 1. The maximum Gasteiger partial charge on any atom is 0.159 e. The van der Waals surface area contributed by atoms with Crippen LogP contribution in [0.2, 0.25) is 0 Å². The van der Waals surface area contributed by atoms with Gasteiger partial charge in [0.2, 0.25) is 0 Å². The standard InChI is InChI=1S/C11H14O/c1-8-3-2-4-10-9(7-8)5-6-11(10)12/h7H,2-6H2,1H3. The summed E-state index contributed by atoms with van der Waals surface area (Å²) in [6, 6.07) is 0. The quantitative estimate of drug-likeness (QED) is 0.535. The second kappa shape index (κ2) is 2.89. The van der Waals surface area contributed by atoms with Crippen molar-refractivity contribution in [3.05, 3.63) is 22.8 Å². The van der Waals surface area contributed by atoms with Crippen LogP contribution in [0.4, 0.5) is 0 Å². The van der Waals surface area contributed by atoms with Crippen molar-refractivity contribution in [3.8, 4) is 0 Å². The lowest BCUT2D eigenvalue weighted by Gasteiger charge is -1.97. The summed E-state index contributed by atoms with van der Waals surface area (Å²) in [6.45, 7) is 2.17. The first-order chi connectivity index (χ1) is 5.77. The molecule has 1 heteroatoms. The highest BCUT2D eigenvalue weighted by Gasteiger charge is 2.22. The molecule has 0 spiro atoms. The molecule has 0 aromatic heterocycles. The molecule has 0 aliphatic heterocycles. The Labute approximate surface area is 73.2 Å². The molecule has 0 amide bonds. The molecule has 0 aromatic rings. The maximum absolute atomic E-state index is 11.4. The fraction of sp³-hybridized carbons (Fsp3) is 0.545. The Balaban J connectivity index is 2.35. The van der Waals surface area contributed by atoms with Gasteiger partial charge in [-0.15, -0.1) is 0 Å². The van der Waals surface area contributed by atoms with Crippen molar-refractivity contribution in [2.45, 2.75) is 39.0 Å². The van der Waals surface area contributed by atoms with E-state index in [9.17, 15) is 4.79 Å². The van der Waals surface area contributed by atoms with Gasteiger partial charge in [-0.05, 0) is 43.8 Å². The third-order valence-electron chi connectivity index (χ3n) is 2.76. The van der Waals surface area contributed by atoms with Crippen LogP contribution in [0.3, 0.4) is 0 Å². The first-order valence-electron chi connectivity index (χ1n) is 4.70. The van der Waals surface area contributed by atoms with Crippen LogP contribution in [-0.2, 0) is 4.79 Å². The molecular weight excluding hydrogens is 148 g/mol. The monoisotopic (exact) mass is 162 g/mol. The van der Waals surface area contributed by atoms with E-state index in [1.807, 2.05) is 0 Å². The fourth-order valence-corrected chi connectivity index (χ4v) is 2.10. The average Bonchev–Trinajstić information content (AvgIpc) is 2.31. The van der Waals surface area contributed by atoms with Gasteiger partial charge in [-0.2, -0.15) is 0 Å². The topological polar surface area (TPSA) is 17.1 Å². The largest absolute Gasteiger partial charge is 0.295 e. The normalized spacial score (nSPS) is 23.8. The number of ketones is 1. The molecule has 2 aliphatic rings. The smallest absolute Gasteiger partial charge is 0.159 e. The van der Waals surface area contributed by atoms with E-state index in [2.05, 4.69) is 13.0 Å². The summed E-state index contributed by atoms with van der Waals surface area (Å²) in [6.07, 6.45) is 7.32. The summed E-state index contributed by atoms with van der Waals surface area (Å²) < 4.78 is 0. The Morgan fingerprint density at radius 2 is 2.00 bits per heavy atom. The lowest BCUT2D eigenvalue weighted by Crippen LogP contribution is -1.95. The SMILES string of the molecule is CC1=CC2=C(CCC1)C(=O)CC2. The lowest BCUT2D eigenvalue weighted by molar-refractivity contribution is -0.115. The number of hydrogen-bond acceptors (Lipinski definition) is 1. The lowest BCUT2D eigenvalue weighted by atomic mass is 10.1. The van der Waals surface area contributed by atoms with Gasteiger partial charge in [0.25, 0.3) is 0 Å². The Bertz CT molecular complexity index is 281. The molecule has 1 nitrogen and oxygen atoms in total. The number of carbonyl (C=O) groups excluding carboxylic acids is 1. The van der Waals surface area contributed by atoms with Gasteiger partial charge in [0, 0.05) is 6.42 Å². The van der Waals surface area contributed by atoms with Gasteiger partial charge in [0.05, 0.1) is 0 Å². The van der Waals surface area contributed by atoms with Gasteiger partial charge in [-0.3, -0.25) is 4.79 Å². The predicted octanol–water partition coefficient (Wildman–Crippen LogP) is 2.78. The van der Waals surface area contributed by atoms with Crippen LogP contribution in [0.25, 0.3) is 0 Å².